The highest BCUT2D eigenvalue weighted by Gasteiger charge is 2.31. The van der Waals surface area contributed by atoms with Crippen molar-refractivity contribution in [2.45, 2.75) is 6.43 Å². The predicted molar refractivity (Wildman–Crippen MR) is 47.5 cm³/mol. The Balaban J connectivity index is 3.69. The van der Waals surface area contributed by atoms with Gasteiger partial charge >= 0.3 is 11.7 Å². The summed E-state index contributed by atoms with van der Waals surface area (Å²) in [5, 5.41) is 27.8. The van der Waals surface area contributed by atoms with Gasteiger partial charge in [-0.05, 0) is 0 Å². The smallest absolute Gasteiger partial charge is 0.344 e. The van der Waals surface area contributed by atoms with Crippen molar-refractivity contribution in [2.75, 3.05) is 0 Å². The molecule has 7 nitrogen and oxygen atoms in total. The van der Waals surface area contributed by atoms with Crippen molar-refractivity contribution in [3.05, 3.63) is 33.1 Å². The van der Waals surface area contributed by atoms with Crippen molar-refractivity contribution in [3.63, 3.8) is 0 Å². The fourth-order valence-corrected chi connectivity index (χ4v) is 1.14. The summed E-state index contributed by atoms with van der Waals surface area (Å²) < 4.78 is 24.8. The SMILES string of the molecule is N#Cc1c(C(F)F)ncc(C(=O)O)c1[N+](=O)[O-]. The first-order chi connectivity index (χ1) is 7.90. The third-order valence-electron chi connectivity index (χ3n) is 1.81. The lowest BCUT2D eigenvalue weighted by Crippen LogP contribution is -2.09. The number of alkyl halides is 2. The van der Waals surface area contributed by atoms with E-state index in [4.69, 9.17) is 10.4 Å². The minimum Gasteiger partial charge on any atom is -0.477 e. The third-order valence-corrected chi connectivity index (χ3v) is 1.81. The van der Waals surface area contributed by atoms with Crippen LogP contribution in [-0.4, -0.2) is 21.0 Å². The molecule has 0 spiro atoms. The summed E-state index contributed by atoms with van der Waals surface area (Å²) in [6, 6.07) is 1.17. The number of hydrogen-bond donors (Lipinski definition) is 1. The van der Waals surface area contributed by atoms with Gasteiger partial charge in [0.2, 0.25) is 0 Å². The molecule has 1 N–H and O–H groups in total. The second-order valence-electron chi connectivity index (χ2n) is 2.76. The normalized spacial score (nSPS) is 10.0. The van der Waals surface area contributed by atoms with Crippen LogP contribution >= 0.6 is 0 Å². The second-order valence-corrected chi connectivity index (χ2v) is 2.76. The van der Waals surface area contributed by atoms with Gasteiger partial charge < -0.3 is 5.11 Å². The van der Waals surface area contributed by atoms with E-state index in [0.717, 1.165) is 0 Å². The van der Waals surface area contributed by atoms with Crippen molar-refractivity contribution in [2.24, 2.45) is 0 Å². The molecular formula is C8H3F2N3O4. The van der Waals surface area contributed by atoms with E-state index in [1.807, 2.05) is 0 Å². The van der Waals surface area contributed by atoms with E-state index in [0.29, 0.717) is 6.20 Å². The summed E-state index contributed by atoms with van der Waals surface area (Å²) in [7, 11) is 0. The minimum atomic E-state index is -3.20. The number of carboxylic acid groups (broad SMARTS) is 1. The van der Waals surface area contributed by atoms with E-state index in [9.17, 15) is 23.7 Å². The Kier molecular flexibility index (Phi) is 3.28. The van der Waals surface area contributed by atoms with Gasteiger partial charge in [0.1, 0.15) is 11.8 Å². The van der Waals surface area contributed by atoms with Crippen LogP contribution in [0.15, 0.2) is 6.20 Å². The molecule has 17 heavy (non-hydrogen) atoms. The van der Waals surface area contributed by atoms with Gasteiger partial charge in [-0.1, -0.05) is 0 Å². The first kappa shape index (κ1) is 12.4. The number of hydrogen-bond acceptors (Lipinski definition) is 5. The maximum absolute atomic E-state index is 12.4. The molecule has 0 aliphatic carbocycles. The highest BCUT2D eigenvalue weighted by Crippen LogP contribution is 2.30. The lowest BCUT2D eigenvalue weighted by molar-refractivity contribution is -0.385. The number of nitro groups is 1. The number of nitrogens with zero attached hydrogens (tertiary/aromatic N) is 3. The molecule has 0 radical (unpaired) electrons. The van der Waals surface area contributed by atoms with Crippen molar-refractivity contribution >= 4 is 11.7 Å². The minimum absolute atomic E-state index is 0.433. The molecular weight excluding hydrogens is 240 g/mol. The Morgan fingerprint density at radius 3 is 2.59 bits per heavy atom. The number of nitriles is 1. The van der Waals surface area contributed by atoms with Gasteiger partial charge in [0.05, 0.1) is 4.92 Å². The van der Waals surface area contributed by atoms with E-state index < -0.39 is 39.8 Å². The summed E-state index contributed by atoms with van der Waals surface area (Å²) in [6.45, 7) is 0. The molecule has 0 aromatic carbocycles. The molecule has 1 rings (SSSR count). The average molecular weight is 243 g/mol. The Hall–Kier alpha value is -2.63. The zero-order chi connectivity index (χ0) is 13.2. The van der Waals surface area contributed by atoms with Crippen LogP contribution in [0.1, 0.15) is 28.0 Å². The Morgan fingerprint density at radius 2 is 2.24 bits per heavy atom. The van der Waals surface area contributed by atoms with Gasteiger partial charge in [0.15, 0.2) is 11.1 Å². The van der Waals surface area contributed by atoms with Gasteiger partial charge in [-0.15, -0.1) is 0 Å². The summed E-state index contributed by atoms with van der Waals surface area (Å²) >= 11 is 0. The monoisotopic (exact) mass is 243 g/mol. The molecule has 0 aliphatic heterocycles. The predicted octanol–water partition coefficient (Wildman–Crippen LogP) is 1.50. The van der Waals surface area contributed by atoms with Crippen LogP contribution in [-0.2, 0) is 0 Å². The van der Waals surface area contributed by atoms with Gasteiger partial charge in [-0.2, -0.15) is 5.26 Å². The van der Waals surface area contributed by atoms with E-state index in [2.05, 4.69) is 4.98 Å². The largest absolute Gasteiger partial charge is 0.477 e. The van der Waals surface area contributed by atoms with Crippen molar-refractivity contribution in [1.82, 2.24) is 4.98 Å². The van der Waals surface area contributed by atoms with Crippen LogP contribution in [0.5, 0.6) is 0 Å². The molecule has 0 saturated carbocycles. The average Bonchev–Trinajstić information content (AvgIpc) is 2.26. The molecule has 0 saturated heterocycles. The van der Waals surface area contributed by atoms with Crippen molar-refractivity contribution in [3.8, 4) is 6.07 Å². The highest BCUT2D eigenvalue weighted by atomic mass is 19.3. The molecule has 0 amide bonds. The third kappa shape index (κ3) is 2.15. The number of carboxylic acids is 1. The standard InChI is InChI=1S/C8H3F2N3O4/c9-7(10)5-3(1-11)6(13(16)17)4(2-12-5)8(14)15/h2,7H,(H,14,15). The Bertz CT molecular complexity index is 538. The molecule has 0 unspecified atom stereocenters. The van der Waals surface area contributed by atoms with Gasteiger partial charge in [0.25, 0.3) is 6.43 Å². The fraction of sp³-hybridized carbons (Fsp3) is 0.125. The van der Waals surface area contributed by atoms with Crippen LogP contribution in [0.4, 0.5) is 14.5 Å². The molecule has 1 aromatic heterocycles. The van der Waals surface area contributed by atoms with Gasteiger partial charge in [0, 0.05) is 6.20 Å². The van der Waals surface area contributed by atoms with Crippen LogP contribution in [0.25, 0.3) is 0 Å². The molecule has 0 aliphatic rings. The number of halogens is 2. The summed E-state index contributed by atoms with van der Waals surface area (Å²) in [6.07, 6.45) is -2.77. The van der Waals surface area contributed by atoms with E-state index in [1.165, 1.54) is 6.07 Å². The quantitative estimate of drug-likeness (QED) is 0.634. The van der Waals surface area contributed by atoms with Gasteiger partial charge in [-0.25, -0.2) is 13.6 Å². The topological polar surface area (TPSA) is 117 Å². The van der Waals surface area contributed by atoms with E-state index in [1.54, 1.807) is 0 Å². The Labute approximate surface area is 92.1 Å². The first-order valence-electron chi connectivity index (χ1n) is 3.99. The molecule has 9 heteroatoms. The Morgan fingerprint density at radius 1 is 1.65 bits per heavy atom. The number of aromatic carboxylic acids is 1. The molecule has 0 bridgehead atoms. The van der Waals surface area contributed by atoms with Crippen LogP contribution in [0.2, 0.25) is 0 Å². The van der Waals surface area contributed by atoms with Crippen LogP contribution < -0.4 is 0 Å². The molecule has 88 valence electrons. The number of aromatic nitrogens is 1. The zero-order valence-corrected chi connectivity index (χ0v) is 7.92. The summed E-state index contributed by atoms with van der Waals surface area (Å²) in [5.41, 5.74) is -4.23. The van der Waals surface area contributed by atoms with Crippen molar-refractivity contribution < 1.29 is 23.6 Å². The van der Waals surface area contributed by atoms with Crippen LogP contribution in [0, 0.1) is 21.4 Å². The summed E-state index contributed by atoms with van der Waals surface area (Å²) in [4.78, 5) is 23.1. The maximum Gasteiger partial charge on any atom is 0.344 e. The molecule has 0 atom stereocenters. The second kappa shape index (κ2) is 4.48. The van der Waals surface area contributed by atoms with Crippen molar-refractivity contribution in [1.29, 1.82) is 5.26 Å². The molecule has 0 fully saturated rings. The number of pyridine rings is 1. The lowest BCUT2D eigenvalue weighted by Gasteiger charge is -2.04. The fourth-order valence-electron chi connectivity index (χ4n) is 1.14. The number of rotatable bonds is 3. The van der Waals surface area contributed by atoms with E-state index >= 15 is 0 Å². The first-order valence-corrected chi connectivity index (χ1v) is 3.99. The van der Waals surface area contributed by atoms with Gasteiger partial charge in [-0.3, -0.25) is 15.1 Å². The van der Waals surface area contributed by atoms with E-state index in [-0.39, 0.29) is 0 Å². The zero-order valence-electron chi connectivity index (χ0n) is 7.92. The number of carbonyl (C=O) groups is 1. The molecule has 1 aromatic rings. The maximum atomic E-state index is 12.4. The lowest BCUT2D eigenvalue weighted by atomic mass is 10.1. The highest BCUT2D eigenvalue weighted by molar-refractivity contribution is 5.93. The molecule has 1 heterocycles. The van der Waals surface area contributed by atoms with Crippen LogP contribution in [0.3, 0.4) is 0 Å². The summed E-state index contributed by atoms with van der Waals surface area (Å²) in [5.74, 6) is -1.72.